The van der Waals surface area contributed by atoms with Crippen LogP contribution >= 0.6 is 11.3 Å². The molecule has 0 saturated heterocycles. The van der Waals surface area contributed by atoms with Gasteiger partial charge in [0.25, 0.3) is 0 Å². The van der Waals surface area contributed by atoms with E-state index in [0.29, 0.717) is 0 Å². The van der Waals surface area contributed by atoms with E-state index in [4.69, 9.17) is 0 Å². The molecular weight excluding hydrogens is 254 g/mol. The van der Waals surface area contributed by atoms with Crippen LogP contribution in [0.5, 0.6) is 0 Å². The molecule has 19 heavy (non-hydrogen) atoms. The monoisotopic (exact) mass is 275 g/mol. The Bertz CT molecular complexity index is 514. The molecule has 1 atom stereocenters. The number of nitrogens with zero attached hydrogens (tertiary/aromatic N) is 2. The minimum atomic E-state index is 0.0589. The zero-order valence-corrected chi connectivity index (χ0v) is 12.8. The van der Waals surface area contributed by atoms with Crippen LogP contribution < -0.4 is 5.32 Å². The highest BCUT2D eigenvalue weighted by Crippen LogP contribution is 2.30. The number of hydrogen-bond donors (Lipinski definition) is 1. The minimum Gasteiger partial charge on any atom is -0.304 e. The van der Waals surface area contributed by atoms with Crippen LogP contribution in [-0.2, 0) is 5.41 Å². The molecule has 0 aliphatic heterocycles. The molecule has 4 heteroatoms. The van der Waals surface area contributed by atoms with E-state index in [1.165, 1.54) is 5.56 Å². The van der Waals surface area contributed by atoms with Gasteiger partial charge < -0.3 is 5.32 Å². The summed E-state index contributed by atoms with van der Waals surface area (Å²) in [6, 6.07) is 10.6. The van der Waals surface area contributed by atoms with E-state index in [1.807, 2.05) is 6.07 Å². The van der Waals surface area contributed by atoms with Gasteiger partial charge in [0.15, 0.2) is 0 Å². The summed E-state index contributed by atoms with van der Waals surface area (Å²) in [6.45, 7) is 9.53. The van der Waals surface area contributed by atoms with Crippen molar-refractivity contribution >= 4 is 11.3 Å². The summed E-state index contributed by atoms with van der Waals surface area (Å²) < 4.78 is 0. The fourth-order valence-electron chi connectivity index (χ4n) is 1.85. The Balaban J connectivity index is 2.32. The summed E-state index contributed by atoms with van der Waals surface area (Å²) in [6.07, 6.45) is 0. The van der Waals surface area contributed by atoms with E-state index in [0.717, 1.165) is 16.6 Å². The van der Waals surface area contributed by atoms with Crippen LogP contribution in [0.3, 0.4) is 0 Å². The molecule has 0 bridgehead atoms. The first-order valence-corrected chi connectivity index (χ1v) is 7.46. The molecule has 1 unspecified atom stereocenters. The molecule has 0 radical (unpaired) electrons. The topological polar surface area (TPSA) is 37.8 Å². The van der Waals surface area contributed by atoms with Crippen molar-refractivity contribution < 1.29 is 0 Å². The number of rotatable bonds is 4. The van der Waals surface area contributed by atoms with E-state index in [9.17, 15) is 0 Å². The highest BCUT2D eigenvalue weighted by atomic mass is 32.1. The molecule has 2 rings (SSSR count). The van der Waals surface area contributed by atoms with E-state index >= 15 is 0 Å². The lowest BCUT2D eigenvalue weighted by atomic mass is 9.98. The third-order valence-electron chi connectivity index (χ3n) is 2.87. The van der Waals surface area contributed by atoms with Gasteiger partial charge in [-0.3, -0.25) is 0 Å². The van der Waals surface area contributed by atoms with Gasteiger partial charge in [0.2, 0.25) is 0 Å². The summed E-state index contributed by atoms with van der Waals surface area (Å²) in [7, 11) is 0. The van der Waals surface area contributed by atoms with Gasteiger partial charge in [0.05, 0.1) is 6.04 Å². The van der Waals surface area contributed by atoms with E-state index in [1.54, 1.807) is 11.3 Å². The van der Waals surface area contributed by atoms with Crippen LogP contribution in [0.2, 0.25) is 0 Å². The van der Waals surface area contributed by atoms with Crippen LogP contribution in [0.25, 0.3) is 0 Å². The number of benzene rings is 1. The van der Waals surface area contributed by atoms with E-state index in [-0.39, 0.29) is 11.5 Å². The molecule has 1 aromatic carbocycles. The maximum atomic E-state index is 4.38. The van der Waals surface area contributed by atoms with Crippen molar-refractivity contribution in [1.82, 2.24) is 15.5 Å². The second-order valence-electron chi connectivity index (χ2n) is 5.60. The largest absolute Gasteiger partial charge is 0.304 e. The lowest BCUT2D eigenvalue weighted by Gasteiger charge is -2.16. The van der Waals surface area contributed by atoms with Crippen molar-refractivity contribution in [3.05, 3.63) is 45.9 Å². The van der Waals surface area contributed by atoms with Gasteiger partial charge in [-0.15, -0.1) is 10.2 Å². The Morgan fingerprint density at radius 2 is 1.84 bits per heavy atom. The molecule has 0 fully saturated rings. The van der Waals surface area contributed by atoms with Gasteiger partial charge in [-0.25, -0.2) is 0 Å². The highest BCUT2D eigenvalue weighted by Gasteiger charge is 2.23. The normalized spacial score (nSPS) is 13.5. The van der Waals surface area contributed by atoms with Crippen LogP contribution in [0.1, 0.15) is 49.3 Å². The predicted octanol–water partition coefficient (Wildman–Crippen LogP) is 3.53. The predicted molar refractivity (Wildman–Crippen MR) is 80.6 cm³/mol. The summed E-state index contributed by atoms with van der Waals surface area (Å²) in [5.41, 5.74) is 1.30. The molecule has 0 aliphatic carbocycles. The quantitative estimate of drug-likeness (QED) is 0.927. The maximum absolute atomic E-state index is 4.38. The molecule has 1 N–H and O–H groups in total. The first-order chi connectivity index (χ1) is 9.02. The first kappa shape index (κ1) is 14.2. The Hall–Kier alpha value is -1.26. The molecule has 1 heterocycles. The van der Waals surface area contributed by atoms with Crippen molar-refractivity contribution in [2.24, 2.45) is 0 Å². The molecule has 0 spiro atoms. The van der Waals surface area contributed by atoms with Crippen molar-refractivity contribution in [2.75, 3.05) is 6.54 Å². The third-order valence-corrected chi connectivity index (χ3v) is 4.28. The number of aromatic nitrogens is 2. The van der Waals surface area contributed by atoms with Gasteiger partial charge in [0, 0.05) is 5.41 Å². The summed E-state index contributed by atoms with van der Waals surface area (Å²) in [5, 5.41) is 14.3. The molecule has 0 amide bonds. The van der Waals surface area contributed by atoms with Gasteiger partial charge in [-0.05, 0) is 12.1 Å². The van der Waals surface area contributed by atoms with Gasteiger partial charge >= 0.3 is 0 Å². The van der Waals surface area contributed by atoms with Crippen molar-refractivity contribution in [3.8, 4) is 0 Å². The van der Waals surface area contributed by atoms with Crippen LogP contribution in [-0.4, -0.2) is 16.7 Å². The molecule has 0 saturated carbocycles. The Kier molecular flexibility index (Phi) is 4.32. The van der Waals surface area contributed by atoms with E-state index < -0.39 is 0 Å². The first-order valence-electron chi connectivity index (χ1n) is 6.64. The lowest BCUT2D eigenvalue weighted by Crippen LogP contribution is -2.21. The molecule has 1 aromatic heterocycles. The summed E-state index contributed by atoms with van der Waals surface area (Å²) in [4.78, 5) is 0. The zero-order chi connectivity index (χ0) is 13.9. The summed E-state index contributed by atoms with van der Waals surface area (Å²) >= 11 is 1.70. The van der Waals surface area contributed by atoms with Crippen LogP contribution in [0, 0.1) is 0 Å². The standard InChI is InChI=1S/C15H21N3S/c1-5-16-12(11-9-7-6-8-10-11)13-17-18-14(19-13)15(2,3)4/h6-10,12,16H,5H2,1-4H3. The van der Waals surface area contributed by atoms with Crippen molar-refractivity contribution in [1.29, 1.82) is 0 Å². The average Bonchev–Trinajstić information content (AvgIpc) is 2.86. The van der Waals surface area contributed by atoms with Gasteiger partial charge in [-0.1, -0.05) is 69.4 Å². The molecule has 0 aliphatic rings. The maximum Gasteiger partial charge on any atom is 0.139 e. The highest BCUT2D eigenvalue weighted by molar-refractivity contribution is 7.11. The molecular formula is C15H21N3S. The van der Waals surface area contributed by atoms with Crippen LogP contribution in [0.15, 0.2) is 30.3 Å². The number of nitrogens with one attached hydrogen (secondary N) is 1. The fourth-order valence-corrected chi connectivity index (χ4v) is 2.86. The van der Waals surface area contributed by atoms with E-state index in [2.05, 4.69) is 67.5 Å². The lowest BCUT2D eigenvalue weighted by molar-refractivity contribution is 0.575. The fraction of sp³-hybridized carbons (Fsp3) is 0.467. The summed E-state index contributed by atoms with van der Waals surface area (Å²) in [5.74, 6) is 0. The molecule has 102 valence electrons. The molecule has 2 aromatic rings. The number of hydrogen-bond acceptors (Lipinski definition) is 4. The SMILES string of the molecule is CCNC(c1ccccc1)c1nnc(C(C)(C)C)s1. The molecule has 3 nitrogen and oxygen atoms in total. The van der Waals surface area contributed by atoms with Crippen LogP contribution in [0.4, 0.5) is 0 Å². The van der Waals surface area contributed by atoms with Crippen molar-refractivity contribution in [3.63, 3.8) is 0 Å². The van der Waals surface area contributed by atoms with Crippen molar-refractivity contribution in [2.45, 2.75) is 39.2 Å². The Morgan fingerprint density at radius 1 is 1.16 bits per heavy atom. The van der Waals surface area contributed by atoms with Gasteiger partial charge in [0.1, 0.15) is 10.0 Å². The second kappa shape index (κ2) is 5.80. The smallest absolute Gasteiger partial charge is 0.139 e. The van der Waals surface area contributed by atoms with Gasteiger partial charge in [-0.2, -0.15) is 0 Å². The zero-order valence-electron chi connectivity index (χ0n) is 12.0. The minimum absolute atomic E-state index is 0.0589. The Morgan fingerprint density at radius 3 is 2.37 bits per heavy atom. The third kappa shape index (κ3) is 3.39. The second-order valence-corrected chi connectivity index (χ2v) is 6.61. The Labute approximate surface area is 119 Å². The average molecular weight is 275 g/mol.